The molecule has 0 fully saturated rings. The number of carbonyl (C=O) groups is 2. The van der Waals surface area contributed by atoms with E-state index in [1.165, 1.54) is 0 Å². The Morgan fingerprint density at radius 1 is 1.33 bits per heavy atom. The molecule has 0 saturated carbocycles. The number of carboxylic acid groups (broad SMARTS) is 1. The molecule has 1 rings (SSSR count). The molecule has 92 valence electrons. The number of carboxylic acids is 1. The number of aliphatic carboxylic acids is 1. The number of Topliss-reactive ketones (excluding diaryl/α,β-unsaturated/α-hetero) is 1. The molecule has 3 heteroatoms. The first-order valence-electron chi connectivity index (χ1n) is 5.57. The van der Waals surface area contributed by atoms with Crippen molar-refractivity contribution in [2.45, 2.75) is 12.8 Å². The zero-order valence-corrected chi connectivity index (χ0v) is 9.87. The van der Waals surface area contributed by atoms with Crippen LogP contribution in [0.25, 0.3) is 6.08 Å². The summed E-state index contributed by atoms with van der Waals surface area (Å²) in [6.45, 7) is 0. The molecule has 0 bridgehead atoms. The lowest BCUT2D eigenvalue weighted by molar-refractivity contribution is -0.150. The summed E-state index contributed by atoms with van der Waals surface area (Å²) in [5.41, 5.74) is 1.000. The normalized spacial score (nSPS) is 11.9. The van der Waals surface area contributed by atoms with Crippen LogP contribution in [-0.4, -0.2) is 16.9 Å². The van der Waals surface area contributed by atoms with Crippen LogP contribution in [0.4, 0.5) is 0 Å². The largest absolute Gasteiger partial charge is 0.475 e. The summed E-state index contributed by atoms with van der Waals surface area (Å²) in [7, 11) is 0. The molecule has 0 aromatic heterocycles. The maximum Gasteiger partial charge on any atom is 0.372 e. The fourth-order valence-corrected chi connectivity index (χ4v) is 1.53. The van der Waals surface area contributed by atoms with Gasteiger partial charge in [-0.15, -0.1) is 12.3 Å². The lowest BCUT2D eigenvalue weighted by atomic mass is 9.96. The molecule has 0 radical (unpaired) electrons. The van der Waals surface area contributed by atoms with Gasteiger partial charge in [-0.1, -0.05) is 42.5 Å². The minimum Gasteiger partial charge on any atom is -0.475 e. The van der Waals surface area contributed by atoms with E-state index in [0.29, 0.717) is 6.42 Å². The van der Waals surface area contributed by atoms with Crippen LogP contribution in [0.5, 0.6) is 0 Å². The molecule has 1 aromatic rings. The second-order valence-corrected chi connectivity index (χ2v) is 3.82. The molecule has 1 aromatic carbocycles. The summed E-state index contributed by atoms with van der Waals surface area (Å²) in [5.74, 6) is -0.567. The molecule has 0 heterocycles. The Balaban J connectivity index is 2.63. The number of benzene rings is 1. The molecule has 3 nitrogen and oxygen atoms in total. The molecule has 0 aliphatic heterocycles. The van der Waals surface area contributed by atoms with Crippen molar-refractivity contribution in [1.82, 2.24) is 0 Å². The van der Waals surface area contributed by atoms with Gasteiger partial charge in [-0.2, -0.15) is 0 Å². The Hall–Kier alpha value is -2.34. The van der Waals surface area contributed by atoms with Gasteiger partial charge < -0.3 is 5.11 Å². The summed E-state index contributed by atoms with van der Waals surface area (Å²) in [6.07, 6.45) is 9.23. The Morgan fingerprint density at radius 3 is 2.56 bits per heavy atom. The third-order valence-electron chi connectivity index (χ3n) is 2.48. The van der Waals surface area contributed by atoms with Gasteiger partial charge in [0.05, 0.1) is 0 Å². The number of allylic oxidation sites excluding steroid dienone is 1. The quantitative estimate of drug-likeness (QED) is 0.615. The highest BCUT2D eigenvalue weighted by Gasteiger charge is 2.22. The van der Waals surface area contributed by atoms with E-state index in [1.54, 1.807) is 6.08 Å². The number of hydrogen-bond acceptors (Lipinski definition) is 2. The van der Waals surface area contributed by atoms with Gasteiger partial charge >= 0.3 is 5.97 Å². The minimum absolute atomic E-state index is 0.143. The standard InChI is InChI=1S/C15H14O3/c1-2-7-13(14(16)15(17)18)11-6-10-12-8-4-3-5-9-12/h1,3-6,8-10,13H,7,11H2,(H,17,18). The van der Waals surface area contributed by atoms with Crippen molar-refractivity contribution in [2.75, 3.05) is 0 Å². The lowest BCUT2D eigenvalue weighted by Gasteiger charge is -2.06. The fraction of sp³-hybridized carbons (Fsp3) is 0.200. The van der Waals surface area contributed by atoms with Crippen LogP contribution in [0.2, 0.25) is 0 Å². The van der Waals surface area contributed by atoms with Crippen molar-refractivity contribution in [3.8, 4) is 12.3 Å². The number of ketones is 1. The topological polar surface area (TPSA) is 54.4 Å². The van der Waals surface area contributed by atoms with Crippen LogP contribution >= 0.6 is 0 Å². The highest BCUT2D eigenvalue weighted by molar-refractivity contribution is 6.33. The fourth-order valence-electron chi connectivity index (χ4n) is 1.53. The van der Waals surface area contributed by atoms with E-state index >= 15 is 0 Å². The van der Waals surface area contributed by atoms with E-state index in [4.69, 9.17) is 11.5 Å². The third kappa shape index (κ3) is 4.26. The summed E-state index contributed by atoms with van der Waals surface area (Å²) in [6, 6.07) is 9.56. The van der Waals surface area contributed by atoms with Crippen molar-refractivity contribution in [3.63, 3.8) is 0 Å². The Kier molecular flexibility index (Phi) is 5.40. The SMILES string of the molecule is C#CCC(CC=Cc1ccccc1)C(=O)C(=O)O. The molecule has 18 heavy (non-hydrogen) atoms. The predicted octanol–water partition coefficient (Wildman–Crippen LogP) is 2.38. The van der Waals surface area contributed by atoms with Gasteiger partial charge in [0.15, 0.2) is 0 Å². The highest BCUT2D eigenvalue weighted by Crippen LogP contribution is 2.12. The zero-order chi connectivity index (χ0) is 13.4. The lowest BCUT2D eigenvalue weighted by Crippen LogP contribution is -2.22. The van der Waals surface area contributed by atoms with Crippen molar-refractivity contribution >= 4 is 17.8 Å². The van der Waals surface area contributed by atoms with Gasteiger partial charge in [0.2, 0.25) is 5.78 Å². The maximum absolute atomic E-state index is 11.3. The van der Waals surface area contributed by atoms with Crippen molar-refractivity contribution in [3.05, 3.63) is 42.0 Å². The molecule has 1 unspecified atom stereocenters. The first-order chi connectivity index (χ1) is 8.65. The third-order valence-corrected chi connectivity index (χ3v) is 2.48. The number of terminal acetylenes is 1. The molecule has 0 aliphatic rings. The van der Waals surface area contributed by atoms with Gasteiger partial charge in [-0.05, 0) is 12.0 Å². The van der Waals surface area contributed by atoms with Gasteiger partial charge in [-0.25, -0.2) is 4.79 Å². The van der Waals surface area contributed by atoms with E-state index in [2.05, 4.69) is 5.92 Å². The molecule has 0 amide bonds. The summed E-state index contributed by atoms with van der Waals surface area (Å²) >= 11 is 0. The molecular formula is C15H14O3. The summed E-state index contributed by atoms with van der Waals surface area (Å²) < 4.78 is 0. The van der Waals surface area contributed by atoms with Crippen molar-refractivity contribution in [1.29, 1.82) is 0 Å². The molecule has 0 aliphatic carbocycles. The highest BCUT2D eigenvalue weighted by atomic mass is 16.4. The first-order valence-corrected chi connectivity index (χ1v) is 5.57. The second kappa shape index (κ2) is 7.08. The van der Waals surface area contributed by atoms with E-state index in [9.17, 15) is 9.59 Å². The van der Waals surface area contributed by atoms with Crippen molar-refractivity contribution < 1.29 is 14.7 Å². The van der Waals surface area contributed by atoms with Crippen LogP contribution in [0.1, 0.15) is 18.4 Å². The number of rotatable bonds is 6. The van der Waals surface area contributed by atoms with Crippen LogP contribution in [-0.2, 0) is 9.59 Å². The van der Waals surface area contributed by atoms with Gasteiger partial charge in [0.25, 0.3) is 0 Å². The smallest absolute Gasteiger partial charge is 0.372 e. The number of carbonyl (C=O) groups excluding carboxylic acids is 1. The van der Waals surface area contributed by atoms with E-state index in [1.807, 2.05) is 36.4 Å². The van der Waals surface area contributed by atoms with Gasteiger partial charge in [0, 0.05) is 12.3 Å². The van der Waals surface area contributed by atoms with Crippen LogP contribution in [0.3, 0.4) is 0 Å². The summed E-state index contributed by atoms with van der Waals surface area (Å²) in [4.78, 5) is 22.0. The Morgan fingerprint density at radius 2 is 2.00 bits per heavy atom. The predicted molar refractivity (Wildman–Crippen MR) is 69.7 cm³/mol. The van der Waals surface area contributed by atoms with E-state index in [0.717, 1.165) is 5.56 Å². The molecule has 1 atom stereocenters. The van der Waals surface area contributed by atoms with Crippen LogP contribution in [0, 0.1) is 18.3 Å². The summed E-state index contributed by atoms with van der Waals surface area (Å²) in [5, 5.41) is 8.65. The van der Waals surface area contributed by atoms with Gasteiger partial charge in [-0.3, -0.25) is 4.79 Å². The second-order valence-electron chi connectivity index (χ2n) is 3.82. The average Bonchev–Trinajstić information content (AvgIpc) is 2.38. The Labute approximate surface area is 106 Å². The first kappa shape index (κ1) is 13.7. The van der Waals surface area contributed by atoms with E-state index in [-0.39, 0.29) is 6.42 Å². The minimum atomic E-state index is -1.43. The maximum atomic E-state index is 11.3. The zero-order valence-electron chi connectivity index (χ0n) is 9.87. The van der Waals surface area contributed by atoms with Crippen molar-refractivity contribution in [2.24, 2.45) is 5.92 Å². The molecular weight excluding hydrogens is 228 g/mol. The number of hydrogen-bond donors (Lipinski definition) is 1. The van der Waals surface area contributed by atoms with Gasteiger partial charge in [0.1, 0.15) is 0 Å². The Bertz CT molecular complexity index is 480. The van der Waals surface area contributed by atoms with Crippen LogP contribution < -0.4 is 0 Å². The van der Waals surface area contributed by atoms with Crippen LogP contribution in [0.15, 0.2) is 36.4 Å². The van der Waals surface area contributed by atoms with E-state index < -0.39 is 17.7 Å². The molecule has 0 saturated heterocycles. The average molecular weight is 242 g/mol. The molecule has 0 spiro atoms. The monoisotopic (exact) mass is 242 g/mol. The molecule has 1 N–H and O–H groups in total.